The van der Waals surface area contributed by atoms with Gasteiger partial charge in [-0.15, -0.1) is 0 Å². The number of carbonyl (C=O) groups excluding carboxylic acids is 1. The molecule has 0 spiro atoms. The van der Waals surface area contributed by atoms with Gasteiger partial charge in [0.1, 0.15) is 0 Å². The molecule has 1 aliphatic carbocycles. The van der Waals surface area contributed by atoms with Crippen molar-refractivity contribution < 1.29 is 4.79 Å². The van der Waals surface area contributed by atoms with Crippen molar-refractivity contribution in [3.63, 3.8) is 0 Å². The van der Waals surface area contributed by atoms with Gasteiger partial charge in [-0.3, -0.25) is 4.68 Å². The van der Waals surface area contributed by atoms with Crippen LogP contribution in [0.5, 0.6) is 0 Å². The Kier molecular flexibility index (Phi) is 4.69. The number of nitrogens with zero attached hydrogens (tertiary/aromatic N) is 3. The fourth-order valence-corrected chi connectivity index (χ4v) is 3.78. The molecule has 1 saturated carbocycles. The highest BCUT2D eigenvalue weighted by Gasteiger charge is 2.36. The topological polar surface area (TPSA) is 50.2 Å². The first kappa shape index (κ1) is 15.4. The van der Waals surface area contributed by atoms with E-state index in [9.17, 15) is 4.79 Å². The summed E-state index contributed by atoms with van der Waals surface area (Å²) in [6.07, 6.45) is 8.10. The highest BCUT2D eigenvalue weighted by atomic mass is 16.2. The van der Waals surface area contributed by atoms with Crippen LogP contribution >= 0.6 is 0 Å². The van der Waals surface area contributed by atoms with E-state index < -0.39 is 0 Å². The average Bonchev–Trinajstić information content (AvgIpc) is 3.13. The molecule has 122 valence electrons. The van der Waals surface area contributed by atoms with Crippen LogP contribution in [0.3, 0.4) is 0 Å². The van der Waals surface area contributed by atoms with E-state index in [2.05, 4.69) is 24.3 Å². The van der Waals surface area contributed by atoms with E-state index in [1.54, 1.807) is 0 Å². The summed E-state index contributed by atoms with van der Waals surface area (Å²) in [6, 6.07) is 2.53. The predicted octanol–water partition coefficient (Wildman–Crippen LogP) is 2.84. The average molecular weight is 304 g/mol. The van der Waals surface area contributed by atoms with Gasteiger partial charge in [-0.1, -0.05) is 12.8 Å². The maximum absolute atomic E-state index is 12.3. The lowest BCUT2D eigenvalue weighted by molar-refractivity contribution is 0.206. The molecule has 5 nitrogen and oxygen atoms in total. The molecule has 2 atom stereocenters. The summed E-state index contributed by atoms with van der Waals surface area (Å²) < 4.78 is 1.96. The Balaban J connectivity index is 1.42. The zero-order chi connectivity index (χ0) is 15.5. The molecule has 0 bridgehead atoms. The molecule has 2 fully saturated rings. The normalized spacial score (nSPS) is 24.6. The minimum absolute atomic E-state index is 0.109. The predicted molar refractivity (Wildman–Crippen MR) is 86.7 cm³/mol. The van der Waals surface area contributed by atoms with Gasteiger partial charge in [0, 0.05) is 38.3 Å². The van der Waals surface area contributed by atoms with Crippen LogP contribution in [0, 0.1) is 11.8 Å². The Labute approximate surface area is 133 Å². The van der Waals surface area contributed by atoms with Gasteiger partial charge in [0.15, 0.2) is 0 Å². The Hall–Kier alpha value is -1.52. The Morgan fingerprint density at radius 2 is 2.00 bits per heavy atom. The summed E-state index contributed by atoms with van der Waals surface area (Å²) in [5.74, 6) is 1.50. The van der Waals surface area contributed by atoms with E-state index in [4.69, 9.17) is 0 Å². The lowest BCUT2D eigenvalue weighted by Gasteiger charge is -2.22. The van der Waals surface area contributed by atoms with Crippen LogP contribution in [0.25, 0.3) is 0 Å². The molecule has 1 aliphatic heterocycles. The van der Waals surface area contributed by atoms with Crippen molar-refractivity contribution in [3.8, 4) is 0 Å². The van der Waals surface area contributed by atoms with Gasteiger partial charge in [-0.2, -0.15) is 5.10 Å². The van der Waals surface area contributed by atoms with E-state index in [0.717, 1.165) is 37.0 Å². The van der Waals surface area contributed by atoms with Gasteiger partial charge in [0.05, 0.1) is 5.69 Å². The molecule has 2 aliphatic rings. The van der Waals surface area contributed by atoms with E-state index in [1.807, 2.05) is 21.8 Å². The van der Waals surface area contributed by atoms with Crippen LogP contribution in [-0.2, 0) is 6.42 Å². The van der Waals surface area contributed by atoms with Crippen LogP contribution in [0.15, 0.2) is 12.3 Å². The Morgan fingerprint density at radius 1 is 1.32 bits per heavy atom. The van der Waals surface area contributed by atoms with Crippen molar-refractivity contribution in [1.82, 2.24) is 20.0 Å². The summed E-state index contributed by atoms with van der Waals surface area (Å²) in [5.41, 5.74) is 1.05. The first-order valence-electron chi connectivity index (χ1n) is 8.70. The van der Waals surface area contributed by atoms with Gasteiger partial charge in [-0.25, -0.2) is 4.79 Å². The molecule has 1 aromatic heterocycles. The highest BCUT2D eigenvalue weighted by Crippen LogP contribution is 2.35. The van der Waals surface area contributed by atoms with Crippen molar-refractivity contribution in [2.75, 3.05) is 19.6 Å². The van der Waals surface area contributed by atoms with Crippen LogP contribution in [0.4, 0.5) is 4.79 Å². The molecular formula is C17H28N4O. The second-order valence-corrected chi connectivity index (χ2v) is 7.07. The fraction of sp³-hybridized carbons (Fsp3) is 0.765. The zero-order valence-corrected chi connectivity index (χ0v) is 13.8. The van der Waals surface area contributed by atoms with Gasteiger partial charge in [-0.05, 0) is 44.6 Å². The zero-order valence-electron chi connectivity index (χ0n) is 13.8. The summed E-state index contributed by atoms with van der Waals surface area (Å²) in [6.45, 7) is 6.81. The summed E-state index contributed by atoms with van der Waals surface area (Å²) in [4.78, 5) is 14.3. The number of amides is 2. The smallest absolute Gasteiger partial charge is 0.317 e. The van der Waals surface area contributed by atoms with Crippen molar-refractivity contribution in [1.29, 1.82) is 0 Å². The van der Waals surface area contributed by atoms with Crippen molar-refractivity contribution >= 4 is 6.03 Å². The maximum atomic E-state index is 12.3. The molecule has 2 heterocycles. The number of nitrogens with one attached hydrogen (secondary N) is 1. The molecule has 2 amide bonds. The SMILES string of the molecule is CC(C)n1ccc(CCNC(=O)N2C[C@H]3CCCC[C@H]3C2)n1. The second-order valence-electron chi connectivity index (χ2n) is 7.07. The number of urea groups is 1. The van der Waals surface area contributed by atoms with Crippen LogP contribution < -0.4 is 5.32 Å². The minimum atomic E-state index is 0.109. The largest absolute Gasteiger partial charge is 0.338 e. The molecule has 1 N–H and O–H groups in total. The molecule has 5 heteroatoms. The van der Waals surface area contributed by atoms with E-state index >= 15 is 0 Å². The monoisotopic (exact) mass is 304 g/mol. The third-order valence-corrected chi connectivity index (χ3v) is 5.11. The van der Waals surface area contributed by atoms with Crippen LogP contribution in [0.1, 0.15) is 51.3 Å². The van der Waals surface area contributed by atoms with Gasteiger partial charge < -0.3 is 10.2 Å². The molecule has 1 saturated heterocycles. The summed E-state index contributed by atoms with van der Waals surface area (Å²) in [7, 11) is 0. The number of hydrogen-bond donors (Lipinski definition) is 1. The second kappa shape index (κ2) is 6.71. The first-order valence-corrected chi connectivity index (χ1v) is 8.70. The number of aromatic nitrogens is 2. The molecule has 22 heavy (non-hydrogen) atoms. The lowest BCUT2D eigenvalue weighted by atomic mass is 9.82. The molecular weight excluding hydrogens is 276 g/mol. The molecule has 3 rings (SSSR count). The Morgan fingerprint density at radius 3 is 2.59 bits per heavy atom. The molecule has 0 unspecified atom stereocenters. The van der Waals surface area contributed by atoms with Crippen molar-refractivity contribution in [3.05, 3.63) is 18.0 Å². The third-order valence-electron chi connectivity index (χ3n) is 5.11. The number of hydrogen-bond acceptors (Lipinski definition) is 2. The minimum Gasteiger partial charge on any atom is -0.338 e. The van der Waals surface area contributed by atoms with Gasteiger partial charge >= 0.3 is 6.03 Å². The summed E-state index contributed by atoms with van der Waals surface area (Å²) in [5, 5.41) is 7.57. The molecule has 1 aromatic rings. The number of fused-ring (bicyclic) bond motifs is 1. The number of carbonyl (C=O) groups is 1. The van der Waals surface area contributed by atoms with Crippen molar-refractivity contribution in [2.24, 2.45) is 11.8 Å². The third kappa shape index (κ3) is 3.45. The number of likely N-dealkylation sites (tertiary alicyclic amines) is 1. The molecule has 0 aromatic carbocycles. The lowest BCUT2D eigenvalue weighted by Crippen LogP contribution is -2.39. The van der Waals surface area contributed by atoms with Crippen LogP contribution in [-0.4, -0.2) is 40.3 Å². The van der Waals surface area contributed by atoms with E-state index in [-0.39, 0.29) is 6.03 Å². The highest BCUT2D eigenvalue weighted by molar-refractivity contribution is 5.74. The quantitative estimate of drug-likeness (QED) is 0.930. The van der Waals surface area contributed by atoms with Crippen LogP contribution in [0.2, 0.25) is 0 Å². The Bertz CT molecular complexity index is 497. The molecule has 0 radical (unpaired) electrons. The fourth-order valence-electron chi connectivity index (χ4n) is 3.78. The number of rotatable bonds is 4. The summed E-state index contributed by atoms with van der Waals surface area (Å²) >= 11 is 0. The van der Waals surface area contributed by atoms with Crippen molar-refractivity contribution in [2.45, 2.75) is 52.0 Å². The maximum Gasteiger partial charge on any atom is 0.317 e. The van der Waals surface area contributed by atoms with Gasteiger partial charge in [0.25, 0.3) is 0 Å². The van der Waals surface area contributed by atoms with E-state index in [1.165, 1.54) is 25.7 Å². The standard InChI is InChI=1S/C17H28N4O/c1-13(2)21-10-8-16(19-21)7-9-18-17(22)20-11-14-5-3-4-6-15(14)12-20/h8,10,13-15H,3-7,9,11-12H2,1-2H3,(H,18,22)/t14-,15+. The van der Waals surface area contributed by atoms with E-state index in [0.29, 0.717) is 12.6 Å². The van der Waals surface area contributed by atoms with Gasteiger partial charge in [0.2, 0.25) is 0 Å². The first-order chi connectivity index (χ1) is 10.6.